The Labute approximate surface area is 95.5 Å². The highest BCUT2D eigenvalue weighted by Crippen LogP contribution is 2.32. The second-order valence-electron chi connectivity index (χ2n) is 4.25. The number of carbonyl (C=O) groups is 1. The van der Waals surface area contributed by atoms with Crippen LogP contribution in [0.1, 0.15) is 30.1 Å². The molecule has 1 saturated carbocycles. The van der Waals surface area contributed by atoms with Gasteiger partial charge in [0.25, 0.3) is 5.91 Å². The molecule has 0 aliphatic heterocycles. The van der Waals surface area contributed by atoms with Gasteiger partial charge in [-0.2, -0.15) is 0 Å². The molecule has 2 rings (SSSR count). The van der Waals surface area contributed by atoms with Crippen molar-refractivity contribution in [1.29, 1.82) is 0 Å². The molecule has 0 bridgehead atoms. The standard InChI is InChI=1S/C12H17N3O/c1-8(9-5-6-9)15-12(16)10-4-3-7-14-11(10)13-2/h3-4,7-9H,5-6H2,1-2H3,(H,13,14)(H,15,16). The van der Waals surface area contributed by atoms with E-state index in [0.717, 1.165) is 0 Å². The lowest BCUT2D eigenvalue weighted by Crippen LogP contribution is -2.34. The average Bonchev–Trinajstić information content (AvgIpc) is 3.12. The molecule has 2 N–H and O–H groups in total. The summed E-state index contributed by atoms with van der Waals surface area (Å²) in [5.74, 6) is 1.25. The average molecular weight is 219 g/mol. The second-order valence-corrected chi connectivity index (χ2v) is 4.25. The third kappa shape index (κ3) is 2.32. The van der Waals surface area contributed by atoms with Crippen LogP contribution in [0.5, 0.6) is 0 Å². The van der Waals surface area contributed by atoms with E-state index in [1.165, 1.54) is 12.8 Å². The van der Waals surface area contributed by atoms with Gasteiger partial charge in [-0.05, 0) is 37.8 Å². The van der Waals surface area contributed by atoms with Crippen LogP contribution < -0.4 is 10.6 Å². The highest BCUT2D eigenvalue weighted by Gasteiger charge is 2.29. The van der Waals surface area contributed by atoms with Crippen LogP contribution in [0.4, 0.5) is 5.82 Å². The van der Waals surface area contributed by atoms with Gasteiger partial charge in [0.2, 0.25) is 0 Å². The maximum Gasteiger partial charge on any atom is 0.255 e. The first-order chi connectivity index (χ1) is 7.72. The van der Waals surface area contributed by atoms with Gasteiger partial charge in [-0.15, -0.1) is 0 Å². The number of rotatable bonds is 4. The first kappa shape index (κ1) is 10.9. The van der Waals surface area contributed by atoms with Gasteiger partial charge in [-0.3, -0.25) is 4.79 Å². The number of hydrogen-bond donors (Lipinski definition) is 2. The molecule has 0 aromatic carbocycles. The zero-order valence-electron chi connectivity index (χ0n) is 9.66. The first-order valence-electron chi connectivity index (χ1n) is 5.66. The monoisotopic (exact) mass is 219 g/mol. The molecule has 1 heterocycles. The number of pyridine rings is 1. The summed E-state index contributed by atoms with van der Waals surface area (Å²) in [6.07, 6.45) is 4.13. The van der Waals surface area contributed by atoms with Crippen molar-refractivity contribution in [3.05, 3.63) is 23.9 Å². The Balaban J connectivity index is 2.07. The van der Waals surface area contributed by atoms with Gasteiger partial charge in [0.15, 0.2) is 0 Å². The van der Waals surface area contributed by atoms with Gasteiger partial charge in [0.1, 0.15) is 5.82 Å². The number of anilines is 1. The predicted molar refractivity (Wildman–Crippen MR) is 63.4 cm³/mol. The Morgan fingerprint density at radius 1 is 1.56 bits per heavy atom. The smallest absolute Gasteiger partial charge is 0.255 e. The summed E-state index contributed by atoms with van der Waals surface area (Å²) in [6, 6.07) is 3.82. The van der Waals surface area contributed by atoms with Crippen molar-refractivity contribution in [2.45, 2.75) is 25.8 Å². The minimum absolute atomic E-state index is 0.0446. The van der Waals surface area contributed by atoms with Crippen molar-refractivity contribution in [2.24, 2.45) is 5.92 Å². The van der Waals surface area contributed by atoms with Crippen LogP contribution in [0.15, 0.2) is 18.3 Å². The Morgan fingerprint density at radius 2 is 2.31 bits per heavy atom. The van der Waals surface area contributed by atoms with Crippen molar-refractivity contribution < 1.29 is 4.79 Å². The summed E-state index contributed by atoms with van der Waals surface area (Å²) in [7, 11) is 1.77. The normalized spacial score (nSPS) is 16.6. The Morgan fingerprint density at radius 3 is 2.94 bits per heavy atom. The molecule has 1 atom stereocenters. The Bertz CT molecular complexity index is 388. The lowest BCUT2D eigenvalue weighted by Gasteiger charge is -2.14. The second kappa shape index (κ2) is 4.51. The lowest BCUT2D eigenvalue weighted by atomic mass is 10.2. The minimum atomic E-state index is -0.0446. The molecule has 1 fully saturated rings. The van der Waals surface area contributed by atoms with Gasteiger partial charge in [-0.1, -0.05) is 0 Å². The van der Waals surface area contributed by atoms with E-state index in [1.54, 1.807) is 25.4 Å². The topological polar surface area (TPSA) is 54.0 Å². The summed E-state index contributed by atoms with van der Waals surface area (Å²) in [5, 5.41) is 5.94. The fourth-order valence-corrected chi connectivity index (χ4v) is 1.79. The highest BCUT2D eigenvalue weighted by molar-refractivity contribution is 5.98. The number of nitrogens with one attached hydrogen (secondary N) is 2. The van der Waals surface area contributed by atoms with Crippen LogP contribution in [0.25, 0.3) is 0 Å². The molecule has 0 saturated heterocycles. The molecule has 4 nitrogen and oxygen atoms in total. The highest BCUT2D eigenvalue weighted by atomic mass is 16.1. The van der Waals surface area contributed by atoms with E-state index < -0.39 is 0 Å². The molecule has 1 aromatic rings. The van der Waals surface area contributed by atoms with Crippen molar-refractivity contribution >= 4 is 11.7 Å². The minimum Gasteiger partial charge on any atom is -0.372 e. The summed E-state index contributed by atoms with van der Waals surface area (Å²) in [4.78, 5) is 16.1. The van der Waals surface area contributed by atoms with Crippen LogP contribution in [-0.2, 0) is 0 Å². The van der Waals surface area contributed by atoms with Gasteiger partial charge >= 0.3 is 0 Å². The van der Waals surface area contributed by atoms with E-state index in [-0.39, 0.29) is 11.9 Å². The van der Waals surface area contributed by atoms with Crippen LogP contribution >= 0.6 is 0 Å². The van der Waals surface area contributed by atoms with Crippen LogP contribution in [0.2, 0.25) is 0 Å². The van der Waals surface area contributed by atoms with E-state index >= 15 is 0 Å². The molecule has 1 aliphatic carbocycles. The van der Waals surface area contributed by atoms with Gasteiger partial charge in [-0.25, -0.2) is 4.98 Å². The molecule has 1 unspecified atom stereocenters. The number of aromatic nitrogens is 1. The SMILES string of the molecule is CNc1ncccc1C(=O)NC(C)C1CC1. The van der Waals surface area contributed by atoms with Crippen molar-refractivity contribution in [2.75, 3.05) is 12.4 Å². The van der Waals surface area contributed by atoms with Crippen molar-refractivity contribution in [3.63, 3.8) is 0 Å². The van der Waals surface area contributed by atoms with Crippen molar-refractivity contribution in [3.8, 4) is 0 Å². The van der Waals surface area contributed by atoms with Gasteiger partial charge < -0.3 is 10.6 Å². The van der Waals surface area contributed by atoms with Crippen LogP contribution in [0.3, 0.4) is 0 Å². The van der Waals surface area contributed by atoms with E-state index in [2.05, 4.69) is 22.5 Å². The summed E-state index contributed by atoms with van der Waals surface area (Å²) < 4.78 is 0. The third-order valence-electron chi connectivity index (χ3n) is 2.98. The van der Waals surface area contributed by atoms with E-state index in [1.807, 2.05) is 0 Å². The van der Waals surface area contributed by atoms with Crippen LogP contribution in [0, 0.1) is 5.92 Å². The molecular formula is C12H17N3O. The molecular weight excluding hydrogens is 202 g/mol. The Hall–Kier alpha value is -1.58. The number of amides is 1. The molecule has 0 spiro atoms. The number of carbonyl (C=O) groups excluding carboxylic acids is 1. The zero-order valence-corrected chi connectivity index (χ0v) is 9.66. The maximum atomic E-state index is 12.0. The quantitative estimate of drug-likeness (QED) is 0.809. The molecule has 0 radical (unpaired) electrons. The fourth-order valence-electron chi connectivity index (χ4n) is 1.79. The predicted octanol–water partition coefficient (Wildman–Crippen LogP) is 1.65. The van der Waals surface area contributed by atoms with E-state index in [0.29, 0.717) is 17.3 Å². The summed E-state index contributed by atoms with van der Waals surface area (Å²) in [5.41, 5.74) is 0.609. The number of hydrogen-bond acceptors (Lipinski definition) is 3. The molecule has 1 aliphatic rings. The molecule has 1 aromatic heterocycles. The van der Waals surface area contributed by atoms with Gasteiger partial charge in [0, 0.05) is 19.3 Å². The first-order valence-corrected chi connectivity index (χ1v) is 5.66. The maximum absolute atomic E-state index is 12.0. The largest absolute Gasteiger partial charge is 0.372 e. The molecule has 16 heavy (non-hydrogen) atoms. The fraction of sp³-hybridized carbons (Fsp3) is 0.500. The zero-order chi connectivity index (χ0) is 11.5. The van der Waals surface area contributed by atoms with Gasteiger partial charge in [0.05, 0.1) is 5.56 Å². The molecule has 4 heteroatoms. The molecule has 1 amide bonds. The molecule has 86 valence electrons. The Kier molecular flexibility index (Phi) is 3.08. The third-order valence-corrected chi connectivity index (χ3v) is 2.98. The van der Waals surface area contributed by atoms with Crippen molar-refractivity contribution in [1.82, 2.24) is 10.3 Å². The lowest BCUT2D eigenvalue weighted by molar-refractivity contribution is 0.0936. The number of nitrogens with zero attached hydrogens (tertiary/aromatic N) is 1. The summed E-state index contributed by atoms with van der Waals surface area (Å²) >= 11 is 0. The van der Waals surface area contributed by atoms with E-state index in [9.17, 15) is 4.79 Å². The van der Waals surface area contributed by atoms with E-state index in [4.69, 9.17) is 0 Å². The van der Waals surface area contributed by atoms with Crippen LogP contribution in [-0.4, -0.2) is 24.0 Å². The summed E-state index contributed by atoms with van der Waals surface area (Å²) in [6.45, 7) is 2.06.